The topological polar surface area (TPSA) is 85.9 Å². The summed E-state index contributed by atoms with van der Waals surface area (Å²) in [5.74, 6) is 0.299. The number of amides is 2. The van der Waals surface area contributed by atoms with E-state index in [0.717, 1.165) is 19.3 Å². The van der Waals surface area contributed by atoms with Crippen LogP contribution in [-0.2, 0) is 23.8 Å². The molecule has 182 valence electrons. The minimum atomic E-state index is -1.08. The van der Waals surface area contributed by atoms with Crippen molar-refractivity contribution < 1.29 is 28.2 Å². The Morgan fingerprint density at radius 2 is 1.75 bits per heavy atom. The summed E-state index contributed by atoms with van der Waals surface area (Å²) < 4.78 is 30.3. The van der Waals surface area contributed by atoms with Crippen molar-refractivity contribution in [1.82, 2.24) is 10.6 Å². The number of methoxy groups -OCH3 is 2. The maximum absolute atomic E-state index is 13.7. The third-order valence-electron chi connectivity index (χ3n) is 8.01. The number of hydrogen-bond donors (Lipinski definition) is 2. The van der Waals surface area contributed by atoms with Crippen LogP contribution in [0, 0.1) is 11.3 Å². The Morgan fingerprint density at radius 3 is 2.41 bits per heavy atom. The van der Waals surface area contributed by atoms with E-state index in [1.54, 1.807) is 14.2 Å². The van der Waals surface area contributed by atoms with E-state index < -0.39 is 11.5 Å². The number of rotatable bonds is 9. The van der Waals surface area contributed by atoms with Crippen molar-refractivity contribution in [2.75, 3.05) is 27.4 Å². The van der Waals surface area contributed by atoms with Gasteiger partial charge in [0.25, 0.3) is 0 Å². The van der Waals surface area contributed by atoms with Gasteiger partial charge in [0, 0.05) is 32.7 Å². The Kier molecular flexibility index (Phi) is 7.35. The standard InChI is InChI=1S/C23H36ClFN2O5/c1-30-18-6-3-14(7-19(18)31-2)9-26-21(29)22-11-23(12-22,13-22)27-20(28)10-32-15-4-5-16(24)17(25)8-15/h14-19H,3-13H2,1-2H3,(H,26,29)(H,27,28). The molecule has 7 nitrogen and oxygen atoms in total. The van der Waals surface area contributed by atoms with Crippen molar-refractivity contribution in [3.63, 3.8) is 0 Å². The molecule has 9 heteroatoms. The largest absolute Gasteiger partial charge is 0.379 e. The average molecular weight is 475 g/mol. The van der Waals surface area contributed by atoms with E-state index in [0.29, 0.717) is 44.6 Å². The molecule has 2 N–H and O–H groups in total. The maximum Gasteiger partial charge on any atom is 0.246 e. The Morgan fingerprint density at radius 1 is 1.03 bits per heavy atom. The number of carbonyl (C=O) groups excluding carboxylic acids is 2. The van der Waals surface area contributed by atoms with Gasteiger partial charge in [0.1, 0.15) is 12.8 Å². The molecule has 5 fully saturated rings. The molecule has 0 heterocycles. The molecule has 6 atom stereocenters. The monoisotopic (exact) mass is 474 g/mol. The Labute approximate surface area is 194 Å². The van der Waals surface area contributed by atoms with Crippen LogP contribution in [-0.4, -0.2) is 74.6 Å². The molecule has 2 bridgehead atoms. The van der Waals surface area contributed by atoms with Gasteiger partial charge in [-0.05, 0) is 57.3 Å². The van der Waals surface area contributed by atoms with E-state index in [9.17, 15) is 14.0 Å². The van der Waals surface area contributed by atoms with Crippen molar-refractivity contribution in [3.05, 3.63) is 0 Å². The van der Waals surface area contributed by atoms with E-state index in [1.165, 1.54) is 0 Å². The molecule has 0 aliphatic heterocycles. The first kappa shape index (κ1) is 24.2. The molecule has 0 aromatic carbocycles. The predicted octanol–water partition coefficient (Wildman–Crippen LogP) is 2.49. The van der Waals surface area contributed by atoms with E-state index in [1.807, 2.05) is 0 Å². The lowest BCUT2D eigenvalue weighted by atomic mass is 9.39. The van der Waals surface area contributed by atoms with Crippen molar-refractivity contribution in [2.24, 2.45) is 11.3 Å². The fraction of sp³-hybridized carbons (Fsp3) is 0.913. The highest BCUT2D eigenvalue weighted by Gasteiger charge is 2.72. The zero-order valence-electron chi connectivity index (χ0n) is 19.0. The van der Waals surface area contributed by atoms with Crippen LogP contribution >= 0.6 is 11.6 Å². The van der Waals surface area contributed by atoms with Crippen LogP contribution in [0.1, 0.15) is 57.8 Å². The molecule has 32 heavy (non-hydrogen) atoms. The minimum absolute atomic E-state index is 0.0733. The normalized spacial score (nSPS) is 43.0. The number of ether oxygens (including phenoxy) is 3. The van der Waals surface area contributed by atoms with Crippen molar-refractivity contribution in [1.29, 1.82) is 0 Å². The van der Waals surface area contributed by atoms with Gasteiger partial charge in [-0.15, -0.1) is 11.6 Å². The van der Waals surface area contributed by atoms with Crippen LogP contribution in [0.15, 0.2) is 0 Å². The van der Waals surface area contributed by atoms with Gasteiger partial charge in [-0.1, -0.05) is 0 Å². The van der Waals surface area contributed by atoms with Gasteiger partial charge >= 0.3 is 0 Å². The molecule has 5 aliphatic carbocycles. The van der Waals surface area contributed by atoms with Gasteiger partial charge in [-0.2, -0.15) is 0 Å². The SMILES string of the molecule is COC1CCC(CNC(=O)C23CC(NC(=O)COC4CCC(Cl)C(F)C4)(C2)C3)CC1OC. The summed E-state index contributed by atoms with van der Waals surface area (Å²) in [6.07, 6.45) is 5.24. The van der Waals surface area contributed by atoms with E-state index in [2.05, 4.69) is 10.6 Å². The molecule has 2 amide bonds. The Balaban J connectivity index is 1.13. The smallest absolute Gasteiger partial charge is 0.246 e. The minimum Gasteiger partial charge on any atom is -0.379 e. The quantitative estimate of drug-likeness (QED) is 0.501. The molecule has 0 saturated heterocycles. The molecule has 6 unspecified atom stereocenters. The van der Waals surface area contributed by atoms with Crippen LogP contribution in [0.25, 0.3) is 0 Å². The molecule has 0 aromatic rings. The first-order valence-corrected chi connectivity index (χ1v) is 12.3. The third kappa shape index (κ3) is 4.93. The lowest BCUT2D eigenvalue weighted by Crippen LogP contribution is -2.78. The summed E-state index contributed by atoms with van der Waals surface area (Å²) in [6, 6.07) is 0. The molecular formula is C23H36ClFN2O5. The van der Waals surface area contributed by atoms with Crippen LogP contribution in [0.5, 0.6) is 0 Å². The Hall–Kier alpha value is -0.960. The van der Waals surface area contributed by atoms with Gasteiger partial charge < -0.3 is 24.8 Å². The number of nitrogens with one attached hydrogen (secondary N) is 2. The predicted molar refractivity (Wildman–Crippen MR) is 117 cm³/mol. The van der Waals surface area contributed by atoms with Crippen molar-refractivity contribution in [3.8, 4) is 0 Å². The van der Waals surface area contributed by atoms with Gasteiger partial charge in [0.2, 0.25) is 11.8 Å². The number of hydrogen-bond acceptors (Lipinski definition) is 5. The first-order chi connectivity index (χ1) is 15.3. The van der Waals surface area contributed by atoms with E-state index >= 15 is 0 Å². The molecule has 5 saturated carbocycles. The van der Waals surface area contributed by atoms with Crippen molar-refractivity contribution in [2.45, 2.75) is 93.2 Å². The average Bonchev–Trinajstić information content (AvgIpc) is 2.74. The second-order valence-corrected chi connectivity index (χ2v) is 10.9. The lowest BCUT2D eigenvalue weighted by molar-refractivity contribution is -0.185. The molecular weight excluding hydrogens is 439 g/mol. The summed E-state index contributed by atoms with van der Waals surface area (Å²) in [5, 5.41) is 5.72. The van der Waals surface area contributed by atoms with Crippen LogP contribution in [0.2, 0.25) is 0 Å². The van der Waals surface area contributed by atoms with Crippen LogP contribution < -0.4 is 10.6 Å². The van der Waals surface area contributed by atoms with Gasteiger partial charge in [0.05, 0.1) is 29.1 Å². The maximum atomic E-state index is 13.7. The van der Waals surface area contributed by atoms with Crippen LogP contribution in [0.4, 0.5) is 4.39 Å². The second kappa shape index (κ2) is 9.72. The summed E-state index contributed by atoms with van der Waals surface area (Å²) >= 11 is 5.89. The summed E-state index contributed by atoms with van der Waals surface area (Å²) in [7, 11) is 3.42. The molecule has 5 rings (SSSR count). The number of carbonyl (C=O) groups is 2. The zero-order chi connectivity index (χ0) is 22.9. The fourth-order valence-electron chi connectivity index (χ4n) is 6.19. The van der Waals surface area contributed by atoms with E-state index in [4.69, 9.17) is 25.8 Å². The summed E-state index contributed by atoms with van der Waals surface area (Å²) in [5.41, 5.74) is -0.607. The van der Waals surface area contributed by atoms with Gasteiger partial charge in [-0.25, -0.2) is 4.39 Å². The first-order valence-electron chi connectivity index (χ1n) is 11.8. The zero-order valence-corrected chi connectivity index (χ0v) is 19.8. The summed E-state index contributed by atoms with van der Waals surface area (Å²) in [4.78, 5) is 25.1. The van der Waals surface area contributed by atoms with Gasteiger partial charge in [0.15, 0.2) is 0 Å². The highest BCUT2D eigenvalue weighted by atomic mass is 35.5. The van der Waals surface area contributed by atoms with Crippen molar-refractivity contribution >= 4 is 23.4 Å². The van der Waals surface area contributed by atoms with E-state index in [-0.39, 0.29) is 54.1 Å². The van der Waals surface area contributed by atoms with Gasteiger partial charge in [-0.3, -0.25) is 9.59 Å². The third-order valence-corrected chi connectivity index (χ3v) is 8.50. The molecule has 0 aromatic heterocycles. The fourth-order valence-corrected chi connectivity index (χ4v) is 6.42. The Bertz CT molecular complexity index is 690. The molecule has 0 radical (unpaired) electrons. The lowest BCUT2D eigenvalue weighted by Gasteiger charge is -2.69. The van der Waals surface area contributed by atoms with Crippen LogP contribution in [0.3, 0.4) is 0 Å². The molecule has 0 spiro atoms. The number of alkyl halides is 2. The summed E-state index contributed by atoms with van der Waals surface area (Å²) in [6.45, 7) is 0.584. The molecule has 5 aliphatic rings. The number of halogens is 2. The second-order valence-electron chi connectivity index (χ2n) is 10.4. The highest BCUT2D eigenvalue weighted by molar-refractivity contribution is 6.21. The highest BCUT2D eigenvalue weighted by Crippen LogP contribution is 2.67.